The van der Waals surface area contributed by atoms with Crippen LogP contribution in [-0.2, 0) is 0 Å². The molecule has 0 saturated heterocycles. The number of para-hydroxylation sites is 2. The van der Waals surface area contributed by atoms with Crippen LogP contribution in [0, 0.1) is 5.92 Å². The number of hydrogen-bond donors (Lipinski definition) is 0. The van der Waals surface area contributed by atoms with Crippen LogP contribution in [-0.4, -0.2) is 10.3 Å². The Bertz CT molecular complexity index is 3350. The van der Waals surface area contributed by atoms with Crippen LogP contribution in [0.1, 0.15) is 42.0 Å². The van der Waals surface area contributed by atoms with Gasteiger partial charge >= 0.3 is 0 Å². The highest BCUT2D eigenvalue weighted by atomic mass is 32.1. The van der Waals surface area contributed by atoms with Crippen molar-refractivity contribution in [2.45, 2.75) is 25.3 Å². The predicted octanol–water partition coefficient (Wildman–Crippen LogP) is 15.5. The highest BCUT2D eigenvalue weighted by Crippen LogP contribution is 2.47. The molecule has 3 atom stereocenters. The van der Waals surface area contributed by atoms with Gasteiger partial charge in [0.2, 0.25) is 0 Å². The van der Waals surface area contributed by atoms with Crippen LogP contribution in [0.15, 0.2) is 187 Å². The fraction of sp³-hybridized carbons (Fsp3) is 0.0926. The van der Waals surface area contributed by atoms with Crippen LogP contribution < -0.4 is 0 Å². The molecule has 0 radical (unpaired) electrons. The number of aromatic nitrogens is 1. The van der Waals surface area contributed by atoms with E-state index in [0.717, 1.165) is 6.42 Å². The first-order valence-electron chi connectivity index (χ1n) is 20.2. The zero-order valence-corrected chi connectivity index (χ0v) is 33.6. The second kappa shape index (κ2) is 13.4. The standard InChI is InChI=1S/C54H38N2S2/c1-33-45(34-14-4-2-5-15-34)32-46(55-52(33)35-16-6-3-7-17-35)37-27-29-42-41-28-26-36(30-50(41)57-51(42)31-37)38-20-12-21-43-44-22-13-25-49(54(44)58-53(38)43)56-47-23-10-8-18-39(47)40-19-9-11-24-48(40)56/h2-31,33,45,52H,32H2,1H3/t33?,45-,52?/m1/s1. The summed E-state index contributed by atoms with van der Waals surface area (Å²) in [5.74, 6) is 0.792. The molecule has 3 aromatic heterocycles. The lowest BCUT2D eigenvalue weighted by atomic mass is 9.74. The number of benzene rings is 8. The van der Waals surface area contributed by atoms with Gasteiger partial charge in [-0.15, -0.1) is 22.7 Å². The summed E-state index contributed by atoms with van der Waals surface area (Å²) >= 11 is 3.82. The van der Waals surface area contributed by atoms with E-state index in [-0.39, 0.29) is 6.04 Å². The van der Waals surface area contributed by atoms with Crippen LogP contribution in [0.4, 0.5) is 0 Å². The average molecular weight is 779 g/mol. The maximum atomic E-state index is 5.51. The van der Waals surface area contributed by atoms with Crippen molar-refractivity contribution >= 4 is 90.5 Å². The molecule has 0 aliphatic carbocycles. The normalized spacial score (nSPS) is 17.3. The summed E-state index contributed by atoms with van der Waals surface area (Å²) in [6.07, 6.45) is 0.937. The fourth-order valence-electron chi connectivity index (χ4n) is 9.81. The first-order chi connectivity index (χ1) is 28.7. The van der Waals surface area contributed by atoms with Gasteiger partial charge in [0, 0.05) is 52.1 Å². The summed E-state index contributed by atoms with van der Waals surface area (Å²) in [7, 11) is 0. The molecule has 2 unspecified atom stereocenters. The third kappa shape index (κ3) is 5.25. The van der Waals surface area contributed by atoms with Crippen molar-refractivity contribution in [3.8, 4) is 16.8 Å². The van der Waals surface area contributed by atoms with Crippen molar-refractivity contribution in [2.24, 2.45) is 10.9 Å². The first kappa shape index (κ1) is 33.8. The van der Waals surface area contributed by atoms with Gasteiger partial charge in [0.15, 0.2) is 0 Å². The molecule has 4 heteroatoms. The molecule has 12 rings (SSSR count). The second-order valence-corrected chi connectivity index (χ2v) is 17.9. The van der Waals surface area contributed by atoms with Crippen LogP contribution in [0.2, 0.25) is 0 Å². The van der Waals surface area contributed by atoms with Crippen LogP contribution >= 0.6 is 22.7 Å². The van der Waals surface area contributed by atoms with Crippen molar-refractivity contribution in [1.29, 1.82) is 0 Å². The van der Waals surface area contributed by atoms with Gasteiger partial charge in [0.1, 0.15) is 0 Å². The van der Waals surface area contributed by atoms with Crippen molar-refractivity contribution in [2.75, 3.05) is 0 Å². The number of aliphatic imine (C=N–C) groups is 1. The Balaban J connectivity index is 0.960. The number of hydrogen-bond acceptors (Lipinski definition) is 3. The molecular formula is C54H38N2S2. The monoisotopic (exact) mass is 778 g/mol. The number of rotatable bonds is 5. The maximum absolute atomic E-state index is 5.51. The van der Waals surface area contributed by atoms with Gasteiger partial charge in [-0.25, -0.2) is 0 Å². The number of fused-ring (bicyclic) bond motifs is 9. The van der Waals surface area contributed by atoms with Crippen LogP contribution in [0.25, 0.3) is 79.0 Å². The van der Waals surface area contributed by atoms with E-state index < -0.39 is 0 Å². The lowest BCUT2D eigenvalue weighted by Crippen LogP contribution is -2.26. The molecular weight excluding hydrogens is 741 g/mol. The lowest BCUT2D eigenvalue weighted by molar-refractivity contribution is 0.375. The van der Waals surface area contributed by atoms with E-state index in [9.17, 15) is 0 Å². The van der Waals surface area contributed by atoms with Crippen molar-refractivity contribution in [1.82, 2.24) is 4.57 Å². The molecule has 11 aromatic rings. The Hall–Kier alpha value is -6.33. The smallest absolute Gasteiger partial charge is 0.0783 e. The molecule has 0 fully saturated rings. The minimum atomic E-state index is 0.116. The van der Waals surface area contributed by atoms with Gasteiger partial charge in [-0.05, 0) is 76.4 Å². The Morgan fingerprint density at radius 2 is 1.05 bits per heavy atom. The van der Waals surface area contributed by atoms with Crippen molar-refractivity contribution in [3.05, 3.63) is 199 Å². The van der Waals surface area contributed by atoms with Crippen molar-refractivity contribution < 1.29 is 0 Å². The number of nitrogens with zero attached hydrogens (tertiary/aromatic N) is 2. The van der Waals surface area contributed by atoms with Gasteiger partial charge in [0.25, 0.3) is 0 Å². The number of thiophene rings is 2. The lowest BCUT2D eigenvalue weighted by Gasteiger charge is -2.35. The van der Waals surface area contributed by atoms with E-state index in [0.29, 0.717) is 11.8 Å². The average Bonchev–Trinajstić information content (AvgIpc) is 3.96. The Morgan fingerprint density at radius 1 is 0.483 bits per heavy atom. The highest BCUT2D eigenvalue weighted by molar-refractivity contribution is 7.27. The van der Waals surface area contributed by atoms with E-state index in [2.05, 4.69) is 193 Å². The van der Waals surface area contributed by atoms with Gasteiger partial charge in [0.05, 0.1) is 27.5 Å². The van der Waals surface area contributed by atoms with Gasteiger partial charge in [-0.1, -0.05) is 159 Å². The maximum Gasteiger partial charge on any atom is 0.0783 e. The summed E-state index contributed by atoms with van der Waals surface area (Å²) < 4.78 is 7.74. The Labute approximate surface area is 345 Å². The van der Waals surface area contributed by atoms with E-state index in [1.165, 1.54) is 101 Å². The minimum Gasteiger partial charge on any atom is -0.308 e. The molecule has 8 aromatic carbocycles. The Morgan fingerprint density at radius 3 is 1.76 bits per heavy atom. The van der Waals surface area contributed by atoms with Gasteiger partial charge in [-0.3, -0.25) is 4.99 Å². The minimum absolute atomic E-state index is 0.116. The van der Waals surface area contributed by atoms with Crippen molar-refractivity contribution in [3.63, 3.8) is 0 Å². The van der Waals surface area contributed by atoms with E-state index in [1.807, 2.05) is 22.7 Å². The second-order valence-electron chi connectivity index (χ2n) is 15.8. The van der Waals surface area contributed by atoms with Gasteiger partial charge < -0.3 is 4.57 Å². The fourth-order valence-corrected chi connectivity index (χ4v) is 12.3. The predicted molar refractivity (Wildman–Crippen MR) is 251 cm³/mol. The topological polar surface area (TPSA) is 17.3 Å². The van der Waals surface area contributed by atoms with Crippen LogP contribution in [0.5, 0.6) is 0 Å². The molecule has 58 heavy (non-hydrogen) atoms. The van der Waals surface area contributed by atoms with E-state index >= 15 is 0 Å². The molecule has 0 spiro atoms. The molecule has 1 aliphatic heterocycles. The zero-order chi connectivity index (χ0) is 38.3. The van der Waals surface area contributed by atoms with E-state index in [4.69, 9.17) is 4.99 Å². The molecule has 0 saturated carbocycles. The quantitative estimate of drug-likeness (QED) is 0.166. The SMILES string of the molecule is CC1C(c2ccccc2)N=C(c2ccc3c(c2)sc2cc(-c4cccc5c4sc4c(-n6c7ccccc7c7ccccc76)cccc45)ccc23)C[C@H]1c1ccccc1. The largest absolute Gasteiger partial charge is 0.308 e. The molecule has 1 aliphatic rings. The van der Waals surface area contributed by atoms with Crippen LogP contribution in [0.3, 0.4) is 0 Å². The Kier molecular flexibility index (Phi) is 7.79. The summed E-state index contributed by atoms with van der Waals surface area (Å²) in [5, 5.41) is 7.82. The summed E-state index contributed by atoms with van der Waals surface area (Å²) in [6.45, 7) is 2.38. The summed E-state index contributed by atoms with van der Waals surface area (Å²) in [5.41, 5.74) is 11.4. The molecule has 2 nitrogen and oxygen atoms in total. The molecule has 0 bridgehead atoms. The molecule has 0 N–H and O–H groups in total. The first-order valence-corrected chi connectivity index (χ1v) is 21.9. The van der Waals surface area contributed by atoms with Gasteiger partial charge in [-0.2, -0.15) is 0 Å². The third-order valence-corrected chi connectivity index (χ3v) is 15.0. The zero-order valence-electron chi connectivity index (χ0n) is 32.0. The van der Waals surface area contributed by atoms with E-state index in [1.54, 1.807) is 0 Å². The highest BCUT2D eigenvalue weighted by Gasteiger charge is 2.34. The summed E-state index contributed by atoms with van der Waals surface area (Å²) in [4.78, 5) is 5.51. The molecule has 0 amide bonds. The summed E-state index contributed by atoms with van der Waals surface area (Å²) in [6, 6.07) is 67.4. The molecule has 4 heterocycles. The molecule has 276 valence electrons. The third-order valence-electron chi connectivity index (χ3n) is 12.7.